The van der Waals surface area contributed by atoms with Gasteiger partial charge in [0.05, 0.1) is 23.3 Å². The van der Waals surface area contributed by atoms with Gasteiger partial charge in [-0.25, -0.2) is 13.2 Å². The minimum absolute atomic E-state index is 0.0155. The highest BCUT2D eigenvalue weighted by molar-refractivity contribution is 7.90. The molecule has 1 aromatic carbocycles. The second-order valence-corrected chi connectivity index (χ2v) is 9.14. The van der Waals surface area contributed by atoms with Crippen molar-refractivity contribution in [1.82, 2.24) is 30.9 Å². The smallest absolute Gasteiger partial charge is 0.322 e. The summed E-state index contributed by atoms with van der Waals surface area (Å²) in [6.45, 7) is -0.0516. The van der Waals surface area contributed by atoms with Gasteiger partial charge in [-0.3, -0.25) is 14.9 Å². The summed E-state index contributed by atoms with van der Waals surface area (Å²) in [7, 11) is -3.32. The van der Waals surface area contributed by atoms with Crippen LogP contribution in [0.2, 0.25) is 0 Å². The Hall–Kier alpha value is -3.28. The number of nitrogens with zero attached hydrogens (tertiary/aromatic N) is 3. The van der Waals surface area contributed by atoms with Crippen LogP contribution >= 0.6 is 0 Å². The molecular formula is C17H18N6O5S. The van der Waals surface area contributed by atoms with Gasteiger partial charge in [0.25, 0.3) is 11.8 Å². The Balaban J connectivity index is 1.46. The fourth-order valence-corrected chi connectivity index (χ4v) is 3.90. The molecule has 1 saturated carbocycles. The standard InChI is InChI=1S/C17H18N6O5S/c1-29(27,28)12-6-4-11(5-7-12)23-19-8-13(22-23)14(24)18-9-17(10-2-3-10)15(25)20-16(26)21-17/h4-8,10H,2-3,9H2,1H3,(H,18,24)(H2,20,21,25,26)/t17-/m0/s1. The summed E-state index contributed by atoms with van der Waals surface area (Å²) in [5.41, 5.74) is -0.634. The van der Waals surface area contributed by atoms with Crippen molar-refractivity contribution in [2.45, 2.75) is 23.3 Å². The predicted molar refractivity (Wildman–Crippen MR) is 98.9 cm³/mol. The summed E-state index contributed by atoms with van der Waals surface area (Å²) in [5, 5.41) is 15.6. The van der Waals surface area contributed by atoms with Gasteiger partial charge in [-0.2, -0.15) is 9.90 Å². The summed E-state index contributed by atoms with van der Waals surface area (Å²) < 4.78 is 23.1. The molecular weight excluding hydrogens is 400 g/mol. The van der Waals surface area contributed by atoms with Crippen LogP contribution in [0, 0.1) is 5.92 Å². The summed E-state index contributed by atoms with van der Waals surface area (Å²) in [6.07, 6.45) is 3.96. The van der Waals surface area contributed by atoms with Gasteiger partial charge in [0.15, 0.2) is 15.5 Å². The summed E-state index contributed by atoms with van der Waals surface area (Å²) in [5.74, 6) is -1.00. The van der Waals surface area contributed by atoms with E-state index in [1.54, 1.807) is 0 Å². The van der Waals surface area contributed by atoms with E-state index in [2.05, 4.69) is 26.1 Å². The van der Waals surface area contributed by atoms with E-state index in [-0.39, 0.29) is 23.1 Å². The fourth-order valence-electron chi connectivity index (χ4n) is 3.27. The number of nitrogens with one attached hydrogen (secondary N) is 3. The topological polar surface area (TPSA) is 152 Å². The van der Waals surface area contributed by atoms with Crippen LogP contribution in [-0.4, -0.2) is 59.6 Å². The highest BCUT2D eigenvalue weighted by atomic mass is 32.2. The van der Waals surface area contributed by atoms with Crippen LogP contribution in [0.15, 0.2) is 35.4 Å². The lowest BCUT2D eigenvalue weighted by molar-refractivity contribution is -0.124. The number of carbonyl (C=O) groups is 3. The zero-order valence-electron chi connectivity index (χ0n) is 15.4. The number of urea groups is 1. The molecule has 1 aliphatic carbocycles. The highest BCUT2D eigenvalue weighted by Gasteiger charge is 2.56. The third-order valence-electron chi connectivity index (χ3n) is 4.99. The molecule has 1 aliphatic heterocycles. The van der Waals surface area contributed by atoms with Gasteiger partial charge >= 0.3 is 6.03 Å². The van der Waals surface area contributed by atoms with E-state index < -0.39 is 33.2 Å². The van der Waals surface area contributed by atoms with Crippen LogP contribution in [0.25, 0.3) is 5.69 Å². The number of rotatable bonds is 6. The molecule has 29 heavy (non-hydrogen) atoms. The van der Waals surface area contributed by atoms with E-state index in [1.165, 1.54) is 35.3 Å². The van der Waals surface area contributed by atoms with Crippen molar-refractivity contribution in [3.8, 4) is 5.69 Å². The molecule has 152 valence electrons. The molecule has 2 aliphatic rings. The Kier molecular flexibility index (Phi) is 4.37. The van der Waals surface area contributed by atoms with E-state index in [0.29, 0.717) is 5.69 Å². The Morgan fingerprint density at radius 3 is 2.52 bits per heavy atom. The molecule has 3 N–H and O–H groups in total. The molecule has 0 spiro atoms. The lowest BCUT2D eigenvalue weighted by atomic mass is 9.93. The number of imide groups is 1. The van der Waals surface area contributed by atoms with E-state index >= 15 is 0 Å². The van der Waals surface area contributed by atoms with Crippen LogP contribution in [0.1, 0.15) is 23.3 Å². The molecule has 0 radical (unpaired) electrons. The molecule has 2 fully saturated rings. The van der Waals surface area contributed by atoms with Gasteiger partial charge in [0.2, 0.25) is 0 Å². The maximum absolute atomic E-state index is 12.5. The Labute approximate surface area is 165 Å². The SMILES string of the molecule is CS(=O)(=O)c1ccc(-n2ncc(C(=O)NC[C@@]3(C4CC4)NC(=O)NC3=O)n2)cc1. The third kappa shape index (κ3) is 3.58. The molecule has 12 heteroatoms. The first kappa shape index (κ1) is 19.1. The minimum Gasteiger partial charge on any atom is -0.348 e. The molecule has 0 unspecified atom stereocenters. The van der Waals surface area contributed by atoms with Crippen molar-refractivity contribution in [2.24, 2.45) is 5.92 Å². The molecule has 0 bridgehead atoms. The van der Waals surface area contributed by atoms with Crippen LogP contribution in [0.5, 0.6) is 0 Å². The lowest BCUT2D eigenvalue weighted by Crippen LogP contribution is -2.57. The average molecular weight is 418 g/mol. The van der Waals surface area contributed by atoms with Crippen molar-refractivity contribution in [2.75, 3.05) is 12.8 Å². The zero-order valence-corrected chi connectivity index (χ0v) is 16.2. The van der Waals surface area contributed by atoms with Crippen LogP contribution < -0.4 is 16.0 Å². The molecule has 4 rings (SSSR count). The fraction of sp³-hybridized carbons (Fsp3) is 0.353. The van der Waals surface area contributed by atoms with Gasteiger partial charge in [-0.1, -0.05) is 0 Å². The minimum atomic E-state index is -3.32. The van der Waals surface area contributed by atoms with E-state index in [4.69, 9.17) is 0 Å². The maximum Gasteiger partial charge on any atom is 0.322 e. The van der Waals surface area contributed by atoms with Crippen LogP contribution in [0.3, 0.4) is 0 Å². The largest absolute Gasteiger partial charge is 0.348 e. The number of amides is 4. The van der Waals surface area contributed by atoms with Crippen molar-refractivity contribution >= 4 is 27.7 Å². The second kappa shape index (κ2) is 6.65. The molecule has 4 amide bonds. The molecule has 2 heterocycles. The quantitative estimate of drug-likeness (QED) is 0.529. The average Bonchev–Trinajstić information content (AvgIpc) is 3.33. The highest BCUT2D eigenvalue weighted by Crippen LogP contribution is 2.41. The van der Waals surface area contributed by atoms with Crippen molar-refractivity contribution in [3.63, 3.8) is 0 Å². The number of hydrogen-bond acceptors (Lipinski definition) is 7. The first-order chi connectivity index (χ1) is 13.7. The maximum atomic E-state index is 12.5. The van der Waals surface area contributed by atoms with Gasteiger partial charge < -0.3 is 10.6 Å². The second-order valence-electron chi connectivity index (χ2n) is 7.12. The molecule has 1 aromatic heterocycles. The number of aromatic nitrogens is 3. The number of hydrogen-bond donors (Lipinski definition) is 3. The molecule has 1 atom stereocenters. The van der Waals surface area contributed by atoms with Gasteiger partial charge in [0.1, 0.15) is 5.54 Å². The first-order valence-electron chi connectivity index (χ1n) is 8.84. The summed E-state index contributed by atoms with van der Waals surface area (Å²) in [6, 6.07) is 5.33. The van der Waals surface area contributed by atoms with Crippen LogP contribution in [-0.2, 0) is 14.6 Å². The predicted octanol–water partition coefficient (Wildman–Crippen LogP) is -0.611. The van der Waals surface area contributed by atoms with E-state index in [9.17, 15) is 22.8 Å². The van der Waals surface area contributed by atoms with Crippen molar-refractivity contribution in [3.05, 3.63) is 36.2 Å². The van der Waals surface area contributed by atoms with Crippen molar-refractivity contribution in [1.29, 1.82) is 0 Å². The normalized spacial score (nSPS) is 21.6. The third-order valence-corrected chi connectivity index (χ3v) is 6.12. The Morgan fingerprint density at radius 2 is 1.97 bits per heavy atom. The molecule has 1 saturated heterocycles. The van der Waals surface area contributed by atoms with Crippen molar-refractivity contribution < 1.29 is 22.8 Å². The summed E-state index contributed by atoms with van der Waals surface area (Å²) in [4.78, 5) is 37.6. The Morgan fingerprint density at radius 1 is 1.28 bits per heavy atom. The first-order valence-corrected chi connectivity index (χ1v) is 10.7. The lowest BCUT2D eigenvalue weighted by Gasteiger charge is -2.25. The van der Waals surface area contributed by atoms with Gasteiger partial charge in [0, 0.05) is 6.26 Å². The number of carbonyl (C=O) groups excluding carboxylic acids is 3. The van der Waals surface area contributed by atoms with E-state index in [0.717, 1.165) is 19.1 Å². The molecule has 2 aromatic rings. The Bertz CT molecular complexity index is 1110. The van der Waals surface area contributed by atoms with Gasteiger partial charge in [-0.15, -0.1) is 5.10 Å². The molecule has 11 nitrogen and oxygen atoms in total. The number of sulfone groups is 1. The van der Waals surface area contributed by atoms with Gasteiger partial charge in [-0.05, 0) is 43.0 Å². The zero-order chi connectivity index (χ0) is 20.8. The van der Waals surface area contributed by atoms with Crippen LogP contribution in [0.4, 0.5) is 4.79 Å². The number of benzene rings is 1. The van der Waals surface area contributed by atoms with E-state index in [1.807, 2.05) is 0 Å². The monoisotopic (exact) mass is 418 g/mol. The summed E-state index contributed by atoms with van der Waals surface area (Å²) >= 11 is 0.